The summed E-state index contributed by atoms with van der Waals surface area (Å²) in [6.07, 6.45) is 3.44. The molecule has 0 saturated carbocycles. The number of rotatable bonds is 6. The molecule has 0 amide bonds. The van der Waals surface area contributed by atoms with Crippen LogP contribution >= 0.6 is 0 Å². The summed E-state index contributed by atoms with van der Waals surface area (Å²) in [4.78, 5) is 10.9. The van der Waals surface area contributed by atoms with Gasteiger partial charge in [-0.15, -0.1) is 0 Å². The van der Waals surface area contributed by atoms with Crippen LogP contribution in [-0.4, -0.2) is 75.9 Å². The Labute approximate surface area is 219 Å². The second-order valence-corrected chi connectivity index (χ2v) is 9.59. The van der Waals surface area contributed by atoms with E-state index < -0.39 is 6.23 Å². The Morgan fingerprint density at radius 1 is 1.16 bits per heavy atom. The number of hydrogen-bond acceptors (Lipinski definition) is 9. The van der Waals surface area contributed by atoms with E-state index in [1.165, 1.54) is 6.07 Å². The molecular formula is C27H30FN7O3. The summed E-state index contributed by atoms with van der Waals surface area (Å²) >= 11 is 0. The Balaban J connectivity index is 1.26. The Morgan fingerprint density at radius 2 is 2.05 bits per heavy atom. The monoisotopic (exact) mass is 519 g/mol. The summed E-state index contributed by atoms with van der Waals surface area (Å²) < 4.78 is 27.8. The summed E-state index contributed by atoms with van der Waals surface area (Å²) in [5.41, 5.74) is 3.91. The predicted octanol–water partition coefficient (Wildman–Crippen LogP) is 3.31. The molecule has 4 aromatic rings. The summed E-state index contributed by atoms with van der Waals surface area (Å²) in [6.45, 7) is 5.51. The van der Waals surface area contributed by atoms with Crippen LogP contribution in [-0.2, 0) is 17.7 Å². The van der Waals surface area contributed by atoms with Crippen molar-refractivity contribution in [3.05, 3.63) is 53.7 Å². The molecule has 0 fully saturated rings. The van der Waals surface area contributed by atoms with Gasteiger partial charge in [0.1, 0.15) is 30.2 Å². The smallest absolute Gasteiger partial charge is 0.237 e. The van der Waals surface area contributed by atoms with Gasteiger partial charge in [-0.2, -0.15) is 5.10 Å². The number of aromatic nitrogens is 4. The molecule has 2 aliphatic heterocycles. The fourth-order valence-electron chi connectivity index (χ4n) is 5.09. The first-order valence-electron chi connectivity index (χ1n) is 12.7. The average Bonchev–Trinajstić information content (AvgIpc) is 3.22. The van der Waals surface area contributed by atoms with Gasteiger partial charge in [-0.25, -0.2) is 14.4 Å². The highest BCUT2D eigenvalue weighted by molar-refractivity contribution is 5.90. The first-order valence-corrected chi connectivity index (χ1v) is 12.7. The zero-order valence-corrected chi connectivity index (χ0v) is 21.4. The molecule has 0 saturated heterocycles. The number of aliphatic hydroxyl groups is 1. The van der Waals surface area contributed by atoms with Gasteiger partial charge in [-0.1, -0.05) is 0 Å². The molecular weight excluding hydrogens is 489 g/mol. The number of fused-ring (bicyclic) bond motifs is 3. The minimum absolute atomic E-state index is 0.336. The molecule has 11 heteroatoms. The van der Waals surface area contributed by atoms with Gasteiger partial charge in [0, 0.05) is 73.8 Å². The van der Waals surface area contributed by atoms with Crippen LogP contribution in [0.3, 0.4) is 0 Å². The van der Waals surface area contributed by atoms with E-state index in [1.54, 1.807) is 19.5 Å². The van der Waals surface area contributed by atoms with Crippen LogP contribution < -0.4 is 15.4 Å². The number of nitrogens with zero attached hydrogens (tertiary/aromatic N) is 5. The molecule has 10 nitrogen and oxygen atoms in total. The van der Waals surface area contributed by atoms with Gasteiger partial charge in [0.25, 0.3) is 0 Å². The number of pyridine rings is 2. The van der Waals surface area contributed by atoms with Crippen molar-refractivity contribution in [3.63, 3.8) is 0 Å². The number of anilines is 3. The zero-order chi connectivity index (χ0) is 26.2. The largest absolute Gasteiger partial charge is 0.474 e. The Kier molecular flexibility index (Phi) is 6.56. The van der Waals surface area contributed by atoms with E-state index in [1.807, 2.05) is 34.7 Å². The number of hydrogen-bond donors (Lipinski definition) is 3. The van der Waals surface area contributed by atoms with Crippen molar-refractivity contribution in [2.45, 2.75) is 26.1 Å². The van der Waals surface area contributed by atoms with E-state index in [-0.39, 0.29) is 5.82 Å². The standard InChI is InChI=1S/C27H30FN7O3/c1-16-21(14-31-27-26(16)29-4-7-38-27)20-9-17-11-23(30-13-18(17)10-22(20)28)32-24-12-19-3-5-34(6-8-37-2)25(36)15-35(19)33-24/h9-14,25,29,36H,3-8,15H2,1-2H3,(H,30,32,33). The second kappa shape index (κ2) is 10.2. The van der Waals surface area contributed by atoms with Crippen LogP contribution in [0.1, 0.15) is 11.3 Å². The third-order valence-corrected chi connectivity index (χ3v) is 7.16. The third-order valence-electron chi connectivity index (χ3n) is 7.16. The number of aliphatic hydroxyl groups excluding tert-OH is 1. The molecule has 1 atom stereocenters. The molecule has 0 radical (unpaired) electrons. The molecule has 1 unspecified atom stereocenters. The van der Waals surface area contributed by atoms with Crippen molar-refractivity contribution < 1.29 is 19.0 Å². The number of nitrogens with one attached hydrogen (secondary N) is 2. The molecule has 3 aromatic heterocycles. The fraction of sp³-hybridized carbons (Fsp3) is 0.370. The maximum absolute atomic E-state index is 15.2. The number of benzene rings is 1. The second-order valence-electron chi connectivity index (χ2n) is 9.59. The summed E-state index contributed by atoms with van der Waals surface area (Å²) in [5, 5.41) is 23.4. The van der Waals surface area contributed by atoms with Crippen molar-refractivity contribution in [2.24, 2.45) is 0 Å². The highest BCUT2D eigenvalue weighted by Crippen LogP contribution is 2.37. The van der Waals surface area contributed by atoms with Crippen LogP contribution in [0.4, 0.5) is 21.7 Å². The minimum Gasteiger partial charge on any atom is -0.474 e. The minimum atomic E-state index is -0.630. The lowest BCUT2D eigenvalue weighted by Gasteiger charge is -2.24. The van der Waals surface area contributed by atoms with Crippen molar-refractivity contribution >= 4 is 28.1 Å². The van der Waals surface area contributed by atoms with Crippen molar-refractivity contribution in [1.82, 2.24) is 24.6 Å². The van der Waals surface area contributed by atoms with Crippen LogP contribution in [0, 0.1) is 12.7 Å². The van der Waals surface area contributed by atoms with E-state index in [0.717, 1.165) is 35.3 Å². The fourth-order valence-corrected chi connectivity index (χ4v) is 5.09. The molecule has 5 heterocycles. The Hall–Kier alpha value is -3.80. The lowest BCUT2D eigenvalue weighted by molar-refractivity contribution is -0.0161. The van der Waals surface area contributed by atoms with E-state index in [2.05, 4.69) is 25.7 Å². The van der Waals surface area contributed by atoms with Crippen LogP contribution in [0.5, 0.6) is 5.88 Å². The molecule has 0 spiro atoms. The summed E-state index contributed by atoms with van der Waals surface area (Å²) in [5.74, 6) is 1.45. The van der Waals surface area contributed by atoms with Gasteiger partial charge < -0.3 is 25.2 Å². The Morgan fingerprint density at radius 3 is 2.92 bits per heavy atom. The van der Waals surface area contributed by atoms with Crippen molar-refractivity contribution in [3.8, 4) is 17.0 Å². The first kappa shape index (κ1) is 24.5. The molecule has 1 aromatic carbocycles. The van der Waals surface area contributed by atoms with E-state index in [0.29, 0.717) is 66.9 Å². The van der Waals surface area contributed by atoms with Crippen molar-refractivity contribution in [1.29, 1.82) is 0 Å². The lowest BCUT2D eigenvalue weighted by atomic mass is 9.98. The number of ether oxygens (including phenoxy) is 2. The van der Waals surface area contributed by atoms with E-state index in [4.69, 9.17) is 9.47 Å². The number of methoxy groups -OCH3 is 1. The molecule has 0 aliphatic carbocycles. The topological polar surface area (TPSA) is 110 Å². The first-order chi connectivity index (χ1) is 18.5. The van der Waals surface area contributed by atoms with Crippen LogP contribution in [0.25, 0.3) is 21.9 Å². The third kappa shape index (κ3) is 4.64. The maximum atomic E-state index is 15.2. The molecule has 2 aliphatic rings. The summed E-state index contributed by atoms with van der Waals surface area (Å²) in [6, 6.07) is 7.18. The molecule has 3 N–H and O–H groups in total. The van der Waals surface area contributed by atoms with E-state index >= 15 is 4.39 Å². The van der Waals surface area contributed by atoms with Crippen LogP contribution in [0.2, 0.25) is 0 Å². The van der Waals surface area contributed by atoms with Gasteiger partial charge in [-0.3, -0.25) is 9.58 Å². The highest BCUT2D eigenvalue weighted by atomic mass is 19.1. The summed E-state index contributed by atoms with van der Waals surface area (Å²) in [7, 11) is 1.66. The van der Waals surface area contributed by atoms with Gasteiger partial charge in [0.15, 0.2) is 5.82 Å². The molecule has 0 bridgehead atoms. The van der Waals surface area contributed by atoms with Crippen LogP contribution in [0.15, 0.2) is 36.7 Å². The van der Waals surface area contributed by atoms with Gasteiger partial charge in [0.05, 0.1) is 13.2 Å². The van der Waals surface area contributed by atoms with Crippen molar-refractivity contribution in [2.75, 3.05) is 50.6 Å². The molecule has 38 heavy (non-hydrogen) atoms. The average molecular weight is 520 g/mol. The Bertz CT molecular complexity index is 1490. The van der Waals surface area contributed by atoms with E-state index in [9.17, 15) is 5.11 Å². The normalized spacial score (nSPS) is 17.3. The SMILES string of the molecule is COCCN1CCc2cc(Nc3cc4cc(-c5cnc6c(c5C)NCCO6)c(F)cc4cn3)nn2CC1O. The van der Waals surface area contributed by atoms with Gasteiger partial charge >= 0.3 is 0 Å². The number of halogens is 1. The highest BCUT2D eigenvalue weighted by Gasteiger charge is 2.23. The molecule has 6 rings (SSSR count). The quantitative estimate of drug-likeness (QED) is 0.353. The predicted molar refractivity (Wildman–Crippen MR) is 142 cm³/mol. The zero-order valence-electron chi connectivity index (χ0n) is 21.4. The van der Waals surface area contributed by atoms with Gasteiger partial charge in [0.2, 0.25) is 5.88 Å². The lowest BCUT2D eigenvalue weighted by Crippen LogP contribution is -2.39. The molecule has 198 valence electrons. The maximum Gasteiger partial charge on any atom is 0.237 e. The van der Waals surface area contributed by atoms with Gasteiger partial charge in [-0.05, 0) is 36.1 Å².